The Hall–Kier alpha value is -1.17. The third-order valence-electron chi connectivity index (χ3n) is 2.28. The standard InChI is InChI=1S/C11H19N3O2S/c1-8(5-6-17(4,15)16)12-11-13-9(2)7-10(3)14-11/h7-8H,5-6H2,1-4H3,(H,12,13,14). The van der Waals surface area contributed by atoms with Crippen molar-refractivity contribution < 1.29 is 8.42 Å². The Balaban J connectivity index is 2.59. The van der Waals surface area contributed by atoms with Crippen molar-refractivity contribution in [3.05, 3.63) is 17.5 Å². The molecule has 0 saturated carbocycles. The van der Waals surface area contributed by atoms with E-state index in [1.807, 2.05) is 26.8 Å². The average Bonchev–Trinajstić information content (AvgIpc) is 2.11. The number of nitrogens with zero attached hydrogens (tertiary/aromatic N) is 2. The number of anilines is 1. The second kappa shape index (κ2) is 5.44. The minimum absolute atomic E-state index is 0.0333. The molecule has 1 N–H and O–H groups in total. The van der Waals surface area contributed by atoms with Crippen molar-refractivity contribution in [3.63, 3.8) is 0 Å². The van der Waals surface area contributed by atoms with Gasteiger partial charge in [0, 0.05) is 23.7 Å². The summed E-state index contributed by atoms with van der Waals surface area (Å²) in [5.74, 6) is 0.731. The fourth-order valence-electron chi connectivity index (χ4n) is 1.47. The van der Waals surface area contributed by atoms with Gasteiger partial charge in [-0.2, -0.15) is 0 Å². The minimum atomic E-state index is -2.91. The number of aryl methyl sites for hydroxylation is 2. The zero-order valence-corrected chi connectivity index (χ0v) is 11.5. The lowest BCUT2D eigenvalue weighted by Crippen LogP contribution is -2.21. The fraction of sp³-hybridized carbons (Fsp3) is 0.636. The van der Waals surface area contributed by atoms with E-state index in [2.05, 4.69) is 15.3 Å². The third-order valence-corrected chi connectivity index (χ3v) is 3.26. The van der Waals surface area contributed by atoms with Crippen molar-refractivity contribution in [1.29, 1.82) is 0 Å². The molecule has 0 amide bonds. The van der Waals surface area contributed by atoms with Crippen LogP contribution >= 0.6 is 0 Å². The maximum Gasteiger partial charge on any atom is 0.223 e. The van der Waals surface area contributed by atoms with E-state index in [4.69, 9.17) is 0 Å². The Morgan fingerprint density at radius 2 is 1.82 bits per heavy atom. The predicted octanol–water partition coefficient (Wildman–Crippen LogP) is 1.33. The number of nitrogens with one attached hydrogen (secondary N) is 1. The van der Waals surface area contributed by atoms with Gasteiger partial charge in [-0.25, -0.2) is 18.4 Å². The molecule has 0 aliphatic rings. The van der Waals surface area contributed by atoms with Crippen LogP contribution in [0, 0.1) is 13.8 Å². The van der Waals surface area contributed by atoms with Crippen LogP contribution in [0.2, 0.25) is 0 Å². The number of sulfone groups is 1. The van der Waals surface area contributed by atoms with Crippen LogP contribution in [0.4, 0.5) is 5.95 Å². The second-order valence-electron chi connectivity index (χ2n) is 4.44. The van der Waals surface area contributed by atoms with Crippen LogP contribution in [0.25, 0.3) is 0 Å². The first-order valence-electron chi connectivity index (χ1n) is 5.53. The Bertz CT molecular complexity index is 465. The molecule has 1 aromatic rings. The lowest BCUT2D eigenvalue weighted by molar-refractivity contribution is 0.595. The molecule has 0 radical (unpaired) electrons. The summed E-state index contributed by atoms with van der Waals surface area (Å²) >= 11 is 0. The van der Waals surface area contributed by atoms with E-state index in [1.54, 1.807) is 0 Å². The van der Waals surface area contributed by atoms with Crippen LogP contribution in [-0.4, -0.2) is 36.4 Å². The summed E-state index contributed by atoms with van der Waals surface area (Å²) in [6, 6.07) is 1.93. The molecular formula is C11H19N3O2S. The molecular weight excluding hydrogens is 238 g/mol. The van der Waals surface area contributed by atoms with Gasteiger partial charge in [0.05, 0.1) is 5.75 Å². The van der Waals surface area contributed by atoms with Crippen LogP contribution in [-0.2, 0) is 9.84 Å². The molecule has 0 aliphatic carbocycles. The van der Waals surface area contributed by atoms with Crippen LogP contribution < -0.4 is 5.32 Å². The van der Waals surface area contributed by atoms with Crippen LogP contribution in [0.15, 0.2) is 6.07 Å². The maximum atomic E-state index is 11.0. The summed E-state index contributed by atoms with van der Waals surface area (Å²) in [6.07, 6.45) is 1.79. The quantitative estimate of drug-likeness (QED) is 0.861. The van der Waals surface area contributed by atoms with Crippen molar-refractivity contribution in [2.24, 2.45) is 0 Å². The molecule has 1 unspecified atom stereocenters. The van der Waals surface area contributed by atoms with E-state index in [0.29, 0.717) is 12.4 Å². The van der Waals surface area contributed by atoms with E-state index in [0.717, 1.165) is 11.4 Å². The molecule has 0 spiro atoms. The second-order valence-corrected chi connectivity index (χ2v) is 6.70. The first-order chi connectivity index (χ1) is 7.76. The Kier molecular flexibility index (Phi) is 4.45. The Labute approximate surface area is 103 Å². The summed E-state index contributed by atoms with van der Waals surface area (Å²) in [7, 11) is -2.91. The van der Waals surface area contributed by atoms with E-state index >= 15 is 0 Å². The molecule has 1 atom stereocenters. The van der Waals surface area contributed by atoms with Crippen molar-refractivity contribution >= 4 is 15.8 Å². The number of hydrogen-bond donors (Lipinski definition) is 1. The van der Waals surface area contributed by atoms with Gasteiger partial charge in [0.2, 0.25) is 5.95 Å². The Morgan fingerprint density at radius 3 is 2.29 bits per heavy atom. The highest BCUT2D eigenvalue weighted by molar-refractivity contribution is 7.90. The topological polar surface area (TPSA) is 72.0 Å². The van der Waals surface area contributed by atoms with Gasteiger partial charge < -0.3 is 5.32 Å². The summed E-state index contributed by atoms with van der Waals surface area (Å²) in [6.45, 7) is 5.73. The molecule has 1 aromatic heterocycles. The minimum Gasteiger partial charge on any atom is -0.352 e. The van der Waals surface area contributed by atoms with Gasteiger partial charge in [0.1, 0.15) is 9.84 Å². The van der Waals surface area contributed by atoms with Crippen molar-refractivity contribution in [3.8, 4) is 0 Å². The highest BCUT2D eigenvalue weighted by Crippen LogP contribution is 2.07. The smallest absolute Gasteiger partial charge is 0.223 e. The zero-order chi connectivity index (χ0) is 13.1. The first kappa shape index (κ1) is 13.9. The van der Waals surface area contributed by atoms with E-state index in [9.17, 15) is 8.42 Å². The zero-order valence-electron chi connectivity index (χ0n) is 10.7. The van der Waals surface area contributed by atoms with E-state index < -0.39 is 9.84 Å². The maximum absolute atomic E-state index is 11.0. The van der Waals surface area contributed by atoms with Crippen LogP contribution in [0.1, 0.15) is 24.7 Å². The average molecular weight is 257 g/mol. The predicted molar refractivity (Wildman–Crippen MR) is 68.9 cm³/mol. The third kappa shape index (κ3) is 5.63. The molecule has 5 nitrogen and oxygen atoms in total. The summed E-state index contributed by atoms with van der Waals surface area (Å²) in [5, 5.41) is 3.11. The fourth-order valence-corrected chi connectivity index (χ4v) is 2.26. The summed E-state index contributed by atoms with van der Waals surface area (Å²) < 4.78 is 22.1. The molecule has 0 aliphatic heterocycles. The summed E-state index contributed by atoms with van der Waals surface area (Å²) in [5.41, 5.74) is 1.80. The SMILES string of the molecule is Cc1cc(C)nc(NC(C)CCS(C)(=O)=O)n1. The molecule has 1 rings (SSSR count). The normalized spacial score (nSPS) is 13.4. The monoisotopic (exact) mass is 257 g/mol. The van der Waals surface area contributed by atoms with Crippen LogP contribution in [0.3, 0.4) is 0 Å². The van der Waals surface area contributed by atoms with Gasteiger partial charge in [-0.05, 0) is 33.3 Å². The van der Waals surface area contributed by atoms with Crippen LogP contribution in [0.5, 0.6) is 0 Å². The van der Waals surface area contributed by atoms with Crippen molar-refractivity contribution in [2.75, 3.05) is 17.3 Å². The molecule has 0 saturated heterocycles. The van der Waals surface area contributed by atoms with Gasteiger partial charge in [-0.15, -0.1) is 0 Å². The molecule has 0 aromatic carbocycles. The molecule has 1 heterocycles. The first-order valence-corrected chi connectivity index (χ1v) is 7.59. The number of hydrogen-bond acceptors (Lipinski definition) is 5. The van der Waals surface area contributed by atoms with E-state index in [1.165, 1.54) is 6.26 Å². The molecule has 0 fully saturated rings. The van der Waals surface area contributed by atoms with Crippen molar-refractivity contribution in [2.45, 2.75) is 33.2 Å². The van der Waals surface area contributed by atoms with Gasteiger partial charge in [-0.3, -0.25) is 0 Å². The van der Waals surface area contributed by atoms with Crippen molar-refractivity contribution in [1.82, 2.24) is 9.97 Å². The highest BCUT2D eigenvalue weighted by atomic mass is 32.2. The molecule has 6 heteroatoms. The lowest BCUT2D eigenvalue weighted by Gasteiger charge is -2.13. The number of rotatable bonds is 5. The largest absolute Gasteiger partial charge is 0.352 e. The van der Waals surface area contributed by atoms with Gasteiger partial charge in [0.15, 0.2) is 0 Å². The number of aromatic nitrogens is 2. The molecule has 17 heavy (non-hydrogen) atoms. The van der Waals surface area contributed by atoms with Gasteiger partial charge in [0.25, 0.3) is 0 Å². The highest BCUT2D eigenvalue weighted by Gasteiger charge is 2.09. The Morgan fingerprint density at radius 1 is 1.29 bits per heavy atom. The van der Waals surface area contributed by atoms with Gasteiger partial charge >= 0.3 is 0 Å². The molecule has 0 bridgehead atoms. The summed E-state index contributed by atoms with van der Waals surface area (Å²) in [4.78, 5) is 8.49. The van der Waals surface area contributed by atoms with Gasteiger partial charge in [-0.1, -0.05) is 0 Å². The molecule has 96 valence electrons. The lowest BCUT2D eigenvalue weighted by atomic mass is 10.3. The van der Waals surface area contributed by atoms with E-state index in [-0.39, 0.29) is 11.8 Å².